The lowest BCUT2D eigenvalue weighted by molar-refractivity contribution is -0.144. The molecule has 102 valence electrons. The Morgan fingerprint density at radius 2 is 2.21 bits per heavy atom. The molecule has 1 N–H and O–H groups in total. The van der Waals surface area contributed by atoms with Gasteiger partial charge in [0.15, 0.2) is 0 Å². The Labute approximate surface area is 119 Å². The van der Waals surface area contributed by atoms with E-state index in [2.05, 4.69) is 20.9 Å². The zero-order chi connectivity index (χ0) is 14.0. The molecule has 0 spiro atoms. The maximum absolute atomic E-state index is 12.3. The monoisotopic (exact) mass is 326 g/mol. The smallest absolute Gasteiger partial charge is 0.326 e. The van der Waals surface area contributed by atoms with Crippen molar-refractivity contribution in [3.8, 4) is 0 Å². The average Bonchev–Trinajstić information content (AvgIpc) is 2.38. The Morgan fingerprint density at radius 3 is 2.79 bits per heavy atom. The fraction of sp³-hybridized carbons (Fsp3) is 0.462. The lowest BCUT2D eigenvalue weighted by atomic mass is 9.92. The zero-order valence-electron chi connectivity index (χ0n) is 10.5. The van der Waals surface area contributed by atoms with E-state index in [0.29, 0.717) is 18.9 Å². The number of nitrogens with zero attached hydrogens (tertiary/aromatic N) is 2. The lowest BCUT2D eigenvalue weighted by Crippen LogP contribution is -2.50. The Bertz CT molecular complexity index is 489. The highest BCUT2D eigenvalue weighted by atomic mass is 79.9. The predicted molar refractivity (Wildman–Crippen MR) is 72.8 cm³/mol. The minimum Gasteiger partial charge on any atom is -0.480 e. The molecule has 1 aromatic rings. The highest BCUT2D eigenvalue weighted by Gasteiger charge is 2.35. The van der Waals surface area contributed by atoms with E-state index in [-0.39, 0.29) is 11.6 Å². The average molecular weight is 327 g/mol. The summed E-state index contributed by atoms with van der Waals surface area (Å²) in [6, 6.07) is 2.58. The molecule has 2 heterocycles. The fourth-order valence-electron chi connectivity index (χ4n) is 2.27. The number of aromatic nitrogens is 1. The topological polar surface area (TPSA) is 70.5 Å². The SMILES string of the molecule is CC1CCN(C(=O)c2ccc(Br)cn2)C(C(=O)O)C1. The molecule has 19 heavy (non-hydrogen) atoms. The number of carbonyl (C=O) groups excluding carboxylic acids is 1. The molecule has 5 nitrogen and oxygen atoms in total. The fourth-order valence-corrected chi connectivity index (χ4v) is 2.50. The highest BCUT2D eigenvalue weighted by molar-refractivity contribution is 9.10. The molecule has 0 bridgehead atoms. The Morgan fingerprint density at radius 1 is 1.47 bits per heavy atom. The molecule has 1 aromatic heterocycles. The van der Waals surface area contributed by atoms with Gasteiger partial charge in [0.05, 0.1) is 0 Å². The second kappa shape index (κ2) is 5.69. The minimum absolute atomic E-state index is 0.281. The number of amides is 1. The molecule has 2 unspecified atom stereocenters. The molecular formula is C13H15BrN2O3. The first kappa shape index (κ1) is 14.0. The molecule has 6 heteroatoms. The van der Waals surface area contributed by atoms with E-state index < -0.39 is 12.0 Å². The zero-order valence-corrected chi connectivity index (χ0v) is 12.1. The summed E-state index contributed by atoms with van der Waals surface area (Å²) in [5, 5.41) is 9.24. The third-order valence-electron chi connectivity index (χ3n) is 3.36. The second-order valence-electron chi connectivity index (χ2n) is 4.84. The minimum atomic E-state index is -0.947. The molecule has 1 aliphatic heterocycles. The van der Waals surface area contributed by atoms with E-state index in [1.54, 1.807) is 12.1 Å². The first-order valence-corrected chi connectivity index (χ1v) is 6.93. The second-order valence-corrected chi connectivity index (χ2v) is 5.76. The molecule has 0 aromatic carbocycles. The van der Waals surface area contributed by atoms with Crippen LogP contribution in [0, 0.1) is 5.92 Å². The molecule has 0 aliphatic carbocycles. The van der Waals surface area contributed by atoms with Gasteiger partial charge in [-0.05, 0) is 46.8 Å². The molecule has 1 fully saturated rings. The van der Waals surface area contributed by atoms with Gasteiger partial charge >= 0.3 is 5.97 Å². The molecule has 2 atom stereocenters. The van der Waals surface area contributed by atoms with Crippen LogP contribution in [0.25, 0.3) is 0 Å². The third-order valence-corrected chi connectivity index (χ3v) is 3.83. The Balaban J connectivity index is 2.21. The number of likely N-dealkylation sites (tertiary alicyclic amines) is 1. The number of rotatable bonds is 2. The molecule has 1 saturated heterocycles. The van der Waals surface area contributed by atoms with Crippen molar-refractivity contribution in [1.82, 2.24) is 9.88 Å². The van der Waals surface area contributed by atoms with Crippen molar-refractivity contribution in [3.05, 3.63) is 28.5 Å². The number of halogens is 1. The van der Waals surface area contributed by atoms with Crippen molar-refractivity contribution in [2.45, 2.75) is 25.8 Å². The molecule has 1 aliphatic rings. The number of hydrogen-bond acceptors (Lipinski definition) is 3. The normalized spacial score (nSPS) is 23.2. The van der Waals surface area contributed by atoms with Gasteiger partial charge < -0.3 is 10.0 Å². The van der Waals surface area contributed by atoms with Crippen molar-refractivity contribution in [1.29, 1.82) is 0 Å². The van der Waals surface area contributed by atoms with Crippen LogP contribution in [0.15, 0.2) is 22.8 Å². The van der Waals surface area contributed by atoms with Crippen molar-refractivity contribution in [2.24, 2.45) is 5.92 Å². The summed E-state index contributed by atoms with van der Waals surface area (Å²) in [5.41, 5.74) is 0.281. The first-order chi connectivity index (χ1) is 8.99. The van der Waals surface area contributed by atoms with Gasteiger partial charge in [-0.3, -0.25) is 4.79 Å². The predicted octanol–water partition coefficient (Wildman–Crippen LogP) is 2.17. The molecule has 0 radical (unpaired) electrons. The Kier molecular flexibility index (Phi) is 4.19. The van der Waals surface area contributed by atoms with E-state index in [0.717, 1.165) is 10.9 Å². The standard InChI is InChI=1S/C13H15BrN2O3/c1-8-4-5-16(11(6-8)13(18)19)12(17)10-3-2-9(14)7-15-10/h2-3,7-8,11H,4-6H2,1H3,(H,18,19). The summed E-state index contributed by atoms with van der Waals surface area (Å²) in [4.78, 5) is 29.0. The van der Waals surface area contributed by atoms with Crippen molar-refractivity contribution >= 4 is 27.8 Å². The van der Waals surface area contributed by atoms with E-state index in [4.69, 9.17) is 0 Å². The lowest BCUT2D eigenvalue weighted by Gasteiger charge is -2.35. The quantitative estimate of drug-likeness (QED) is 0.904. The molecular weight excluding hydrogens is 312 g/mol. The van der Waals surface area contributed by atoms with Gasteiger partial charge in [-0.2, -0.15) is 0 Å². The number of pyridine rings is 1. The van der Waals surface area contributed by atoms with Crippen molar-refractivity contribution in [3.63, 3.8) is 0 Å². The van der Waals surface area contributed by atoms with E-state index in [1.807, 2.05) is 6.92 Å². The number of carboxylic acids is 1. The number of piperidine rings is 1. The van der Waals surface area contributed by atoms with Gasteiger partial charge in [0, 0.05) is 17.2 Å². The maximum atomic E-state index is 12.3. The molecule has 1 amide bonds. The Hall–Kier alpha value is -1.43. The summed E-state index contributed by atoms with van der Waals surface area (Å²) in [7, 11) is 0. The number of carboxylic acid groups (broad SMARTS) is 1. The highest BCUT2D eigenvalue weighted by Crippen LogP contribution is 2.24. The van der Waals surface area contributed by atoms with Crippen LogP contribution in [0.2, 0.25) is 0 Å². The summed E-state index contributed by atoms with van der Waals surface area (Å²) in [6.07, 6.45) is 2.86. The van der Waals surface area contributed by atoms with Crippen molar-refractivity contribution < 1.29 is 14.7 Å². The molecule has 0 saturated carbocycles. The van der Waals surface area contributed by atoms with Gasteiger partial charge in [0.1, 0.15) is 11.7 Å². The van der Waals surface area contributed by atoms with Crippen LogP contribution in [-0.2, 0) is 4.79 Å². The summed E-state index contributed by atoms with van der Waals surface area (Å²) >= 11 is 3.25. The maximum Gasteiger partial charge on any atom is 0.326 e. The summed E-state index contributed by atoms with van der Waals surface area (Å²) in [6.45, 7) is 2.48. The summed E-state index contributed by atoms with van der Waals surface area (Å²) in [5.74, 6) is -0.938. The van der Waals surface area contributed by atoms with Crippen LogP contribution in [0.4, 0.5) is 0 Å². The van der Waals surface area contributed by atoms with Crippen LogP contribution in [-0.4, -0.2) is 39.5 Å². The van der Waals surface area contributed by atoms with E-state index in [1.165, 1.54) is 11.1 Å². The number of aliphatic carboxylic acids is 1. The largest absolute Gasteiger partial charge is 0.480 e. The van der Waals surface area contributed by atoms with Gasteiger partial charge in [0.2, 0.25) is 0 Å². The first-order valence-electron chi connectivity index (χ1n) is 6.14. The van der Waals surface area contributed by atoms with Crippen LogP contribution >= 0.6 is 15.9 Å². The van der Waals surface area contributed by atoms with Crippen LogP contribution in [0.3, 0.4) is 0 Å². The van der Waals surface area contributed by atoms with Gasteiger partial charge in [-0.25, -0.2) is 9.78 Å². The van der Waals surface area contributed by atoms with E-state index in [9.17, 15) is 14.7 Å². The third kappa shape index (κ3) is 3.12. The van der Waals surface area contributed by atoms with Gasteiger partial charge in [-0.1, -0.05) is 6.92 Å². The molecule has 2 rings (SSSR count). The van der Waals surface area contributed by atoms with Crippen molar-refractivity contribution in [2.75, 3.05) is 6.54 Å². The van der Waals surface area contributed by atoms with Crippen LogP contribution in [0.5, 0.6) is 0 Å². The number of hydrogen-bond donors (Lipinski definition) is 1. The van der Waals surface area contributed by atoms with Gasteiger partial charge in [-0.15, -0.1) is 0 Å². The van der Waals surface area contributed by atoms with E-state index >= 15 is 0 Å². The van der Waals surface area contributed by atoms with Crippen LogP contribution in [0.1, 0.15) is 30.3 Å². The summed E-state index contributed by atoms with van der Waals surface area (Å²) < 4.78 is 0.783. The van der Waals surface area contributed by atoms with Gasteiger partial charge in [0.25, 0.3) is 5.91 Å². The van der Waals surface area contributed by atoms with Crippen LogP contribution < -0.4 is 0 Å². The number of carbonyl (C=O) groups is 2.